The molecule has 0 unspecified atom stereocenters. The van der Waals surface area contributed by atoms with Crippen molar-refractivity contribution in [3.8, 4) is 5.75 Å². The fourth-order valence-corrected chi connectivity index (χ4v) is 2.25. The normalized spacial score (nSPS) is 10.4. The van der Waals surface area contributed by atoms with Gasteiger partial charge in [0.2, 0.25) is 0 Å². The maximum Gasteiger partial charge on any atom is 0.263 e. The van der Waals surface area contributed by atoms with Crippen molar-refractivity contribution < 1.29 is 9.53 Å². The van der Waals surface area contributed by atoms with Crippen LogP contribution in [0, 0.1) is 6.92 Å². The minimum atomic E-state index is -0.227. The first-order valence-electron chi connectivity index (χ1n) is 7.06. The lowest BCUT2D eigenvalue weighted by atomic mass is 10.1. The molecule has 1 N–H and O–H groups in total. The van der Waals surface area contributed by atoms with E-state index < -0.39 is 0 Å². The van der Waals surface area contributed by atoms with Crippen molar-refractivity contribution in [1.29, 1.82) is 0 Å². The Morgan fingerprint density at radius 1 is 1.09 bits per heavy atom. The van der Waals surface area contributed by atoms with Crippen molar-refractivity contribution in [2.75, 3.05) is 11.9 Å². The van der Waals surface area contributed by atoms with Gasteiger partial charge in [-0.2, -0.15) is 0 Å². The molecule has 1 heterocycles. The fraction of sp³-hybridized carbons (Fsp3) is 0.111. The minimum Gasteiger partial charge on any atom is -0.483 e. The van der Waals surface area contributed by atoms with E-state index in [1.807, 2.05) is 61.5 Å². The van der Waals surface area contributed by atoms with E-state index in [0.717, 1.165) is 16.3 Å². The number of carbonyl (C=O) groups excluding carboxylic acids is 1. The van der Waals surface area contributed by atoms with Crippen LogP contribution in [0.4, 0.5) is 5.82 Å². The average molecular weight is 292 g/mol. The monoisotopic (exact) mass is 292 g/mol. The Labute approximate surface area is 128 Å². The molecule has 1 amide bonds. The van der Waals surface area contributed by atoms with Crippen LogP contribution in [0.1, 0.15) is 5.56 Å². The number of pyridine rings is 1. The van der Waals surface area contributed by atoms with E-state index in [4.69, 9.17) is 4.74 Å². The van der Waals surface area contributed by atoms with E-state index in [1.54, 1.807) is 6.20 Å². The number of ether oxygens (including phenoxy) is 1. The van der Waals surface area contributed by atoms with Crippen LogP contribution in [0.25, 0.3) is 10.8 Å². The Bertz CT molecular complexity index is 810. The summed E-state index contributed by atoms with van der Waals surface area (Å²) in [6.07, 6.45) is 1.65. The van der Waals surface area contributed by atoms with E-state index in [-0.39, 0.29) is 12.5 Å². The van der Waals surface area contributed by atoms with Crippen LogP contribution in [-0.2, 0) is 4.79 Å². The lowest BCUT2D eigenvalue weighted by molar-refractivity contribution is -0.118. The van der Waals surface area contributed by atoms with E-state index in [1.165, 1.54) is 0 Å². The van der Waals surface area contributed by atoms with E-state index in [9.17, 15) is 4.79 Å². The second kappa shape index (κ2) is 6.26. The van der Waals surface area contributed by atoms with Gasteiger partial charge in [-0.05, 0) is 30.0 Å². The summed E-state index contributed by atoms with van der Waals surface area (Å²) in [7, 11) is 0. The highest BCUT2D eigenvalue weighted by molar-refractivity contribution is 5.92. The van der Waals surface area contributed by atoms with Crippen molar-refractivity contribution in [2.24, 2.45) is 0 Å². The molecule has 0 fully saturated rings. The summed E-state index contributed by atoms with van der Waals surface area (Å²) in [5.74, 6) is 1.04. The van der Waals surface area contributed by atoms with Gasteiger partial charge in [0, 0.05) is 11.6 Å². The summed E-state index contributed by atoms with van der Waals surface area (Å²) < 4.78 is 5.65. The van der Waals surface area contributed by atoms with E-state index in [2.05, 4.69) is 10.3 Å². The van der Waals surface area contributed by atoms with E-state index >= 15 is 0 Å². The molecule has 110 valence electrons. The average Bonchev–Trinajstić information content (AvgIpc) is 2.55. The molecule has 4 nitrogen and oxygen atoms in total. The SMILES string of the molecule is Cc1cccnc1NC(=O)COc1cccc2ccccc12. The first-order chi connectivity index (χ1) is 10.7. The summed E-state index contributed by atoms with van der Waals surface area (Å²) in [6, 6.07) is 17.4. The number of rotatable bonds is 4. The minimum absolute atomic E-state index is 0.0516. The molecule has 0 atom stereocenters. The molecule has 3 rings (SSSR count). The molecular formula is C18H16N2O2. The van der Waals surface area contributed by atoms with Crippen LogP contribution in [0.5, 0.6) is 5.75 Å². The van der Waals surface area contributed by atoms with Gasteiger partial charge in [0.05, 0.1) is 0 Å². The van der Waals surface area contributed by atoms with Gasteiger partial charge < -0.3 is 10.1 Å². The topological polar surface area (TPSA) is 51.2 Å². The summed E-state index contributed by atoms with van der Waals surface area (Å²) in [5.41, 5.74) is 0.918. The fourth-order valence-electron chi connectivity index (χ4n) is 2.25. The number of hydrogen-bond donors (Lipinski definition) is 1. The summed E-state index contributed by atoms with van der Waals surface area (Å²) in [6.45, 7) is 1.85. The number of benzene rings is 2. The summed E-state index contributed by atoms with van der Waals surface area (Å²) >= 11 is 0. The zero-order chi connectivity index (χ0) is 15.4. The largest absolute Gasteiger partial charge is 0.483 e. The number of nitrogens with one attached hydrogen (secondary N) is 1. The molecule has 4 heteroatoms. The maximum atomic E-state index is 12.0. The molecule has 0 radical (unpaired) electrons. The predicted molar refractivity (Wildman–Crippen MR) is 87.0 cm³/mol. The zero-order valence-electron chi connectivity index (χ0n) is 12.2. The number of carbonyl (C=O) groups is 1. The number of fused-ring (bicyclic) bond motifs is 1. The van der Waals surface area contributed by atoms with Crippen molar-refractivity contribution in [1.82, 2.24) is 4.98 Å². The maximum absolute atomic E-state index is 12.0. The third kappa shape index (κ3) is 3.06. The molecule has 3 aromatic rings. The quantitative estimate of drug-likeness (QED) is 0.800. The summed E-state index contributed by atoms with van der Waals surface area (Å²) in [5, 5.41) is 4.83. The Kier molecular flexibility index (Phi) is 4.01. The predicted octanol–water partition coefficient (Wildman–Crippen LogP) is 3.56. The molecule has 0 spiro atoms. The second-order valence-corrected chi connectivity index (χ2v) is 4.98. The van der Waals surface area contributed by atoms with Gasteiger partial charge in [0.25, 0.3) is 5.91 Å². The van der Waals surface area contributed by atoms with Gasteiger partial charge in [0.1, 0.15) is 11.6 Å². The molecule has 22 heavy (non-hydrogen) atoms. The Morgan fingerprint density at radius 3 is 2.77 bits per heavy atom. The van der Waals surface area contributed by atoms with Crippen LogP contribution in [0.2, 0.25) is 0 Å². The van der Waals surface area contributed by atoms with Crippen molar-refractivity contribution in [3.05, 3.63) is 66.4 Å². The molecule has 0 bridgehead atoms. The molecule has 0 saturated carbocycles. The van der Waals surface area contributed by atoms with Crippen LogP contribution in [0.15, 0.2) is 60.8 Å². The molecular weight excluding hydrogens is 276 g/mol. The lowest BCUT2D eigenvalue weighted by Gasteiger charge is -2.10. The smallest absolute Gasteiger partial charge is 0.263 e. The van der Waals surface area contributed by atoms with Gasteiger partial charge in [-0.1, -0.05) is 42.5 Å². The number of aromatic nitrogens is 1. The molecule has 2 aromatic carbocycles. The molecule has 1 aromatic heterocycles. The van der Waals surface area contributed by atoms with Crippen molar-refractivity contribution in [2.45, 2.75) is 6.92 Å². The number of amides is 1. The van der Waals surface area contributed by atoms with Gasteiger partial charge >= 0.3 is 0 Å². The van der Waals surface area contributed by atoms with E-state index in [0.29, 0.717) is 11.6 Å². The van der Waals surface area contributed by atoms with Crippen molar-refractivity contribution >= 4 is 22.5 Å². The lowest BCUT2D eigenvalue weighted by Crippen LogP contribution is -2.21. The highest BCUT2D eigenvalue weighted by atomic mass is 16.5. The van der Waals surface area contributed by atoms with Crippen LogP contribution < -0.4 is 10.1 Å². The molecule has 0 aliphatic carbocycles. The standard InChI is InChI=1S/C18H16N2O2/c1-13-6-5-11-19-18(13)20-17(21)12-22-16-10-4-8-14-7-2-3-9-15(14)16/h2-11H,12H2,1H3,(H,19,20,21). The summed E-state index contributed by atoms with van der Waals surface area (Å²) in [4.78, 5) is 16.1. The second-order valence-electron chi connectivity index (χ2n) is 4.98. The highest BCUT2D eigenvalue weighted by Gasteiger charge is 2.08. The zero-order valence-corrected chi connectivity index (χ0v) is 12.2. The third-order valence-corrected chi connectivity index (χ3v) is 3.38. The van der Waals surface area contributed by atoms with Crippen LogP contribution in [0.3, 0.4) is 0 Å². The highest BCUT2D eigenvalue weighted by Crippen LogP contribution is 2.25. The van der Waals surface area contributed by atoms with Gasteiger partial charge in [-0.15, -0.1) is 0 Å². The Balaban J connectivity index is 1.69. The molecule has 0 saturated heterocycles. The third-order valence-electron chi connectivity index (χ3n) is 3.38. The molecule has 0 aliphatic heterocycles. The number of nitrogens with zero attached hydrogens (tertiary/aromatic N) is 1. The molecule has 0 aliphatic rings. The first-order valence-corrected chi connectivity index (χ1v) is 7.06. The van der Waals surface area contributed by atoms with Gasteiger partial charge in [-0.25, -0.2) is 4.98 Å². The van der Waals surface area contributed by atoms with Crippen LogP contribution >= 0.6 is 0 Å². The van der Waals surface area contributed by atoms with Gasteiger partial charge in [0.15, 0.2) is 6.61 Å². The number of aryl methyl sites for hydroxylation is 1. The van der Waals surface area contributed by atoms with Crippen molar-refractivity contribution in [3.63, 3.8) is 0 Å². The Morgan fingerprint density at radius 2 is 1.91 bits per heavy atom. The first kappa shape index (κ1) is 14.1. The van der Waals surface area contributed by atoms with Crippen LogP contribution in [-0.4, -0.2) is 17.5 Å². The number of hydrogen-bond acceptors (Lipinski definition) is 3. The number of anilines is 1. The van der Waals surface area contributed by atoms with Gasteiger partial charge in [-0.3, -0.25) is 4.79 Å². The Hall–Kier alpha value is -2.88.